The largest absolute Gasteiger partial charge is 0.508 e. The fourth-order valence-corrected chi connectivity index (χ4v) is 9.89. The number of phenols is 1. The second-order valence-electron chi connectivity index (χ2n) is 19.8. The molecule has 3 aliphatic heterocycles. The molecule has 6 rings (SSSR count). The number of aliphatic hydroxyl groups is 2. The van der Waals surface area contributed by atoms with Crippen LogP contribution in [0.4, 0.5) is 0 Å². The number of aryl methyl sites for hydroxylation is 1. The number of nitrogens with two attached hydrogens (primary N) is 2. The maximum atomic E-state index is 14.7. The SMILES string of the molecule is CCCCCCOc1ccc2cc(C(=O)N[C@H]3CCCNC(=O)[C@@H]4C[C@@H](O)CN4C(=O)[C@H](CCCCN)NC(=O)[C@H](CCc4ccc(O)cc4)NC(=O)[C@@H]4C[C@@H](O)CN4C(=O)[C@H](CCCCN)NC3=O)ccc2c1. The van der Waals surface area contributed by atoms with Crippen LogP contribution in [-0.4, -0.2) is 154 Å². The summed E-state index contributed by atoms with van der Waals surface area (Å²) < 4.78 is 5.97. The van der Waals surface area contributed by atoms with Crippen molar-refractivity contribution in [3.8, 4) is 11.5 Å². The summed E-state index contributed by atoms with van der Waals surface area (Å²) in [6.45, 7) is 2.94. The number of unbranched alkanes of at least 4 members (excludes halogenated alkanes) is 5. The molecule has 0 aromatic heterocycles. The fraction of sp³-hybridized carbons (Fsp3) is 0.574. The van der Waals surface area contributed by atoms with Crippen LogP contribution in [0.1, 0.15) is 119 Å². The molecular weight excluding hydrogens is 951 g/mol. The molecule has 74 heavy (non-hydrogen) atoms. The van der Waals surface area contributed by atoms with Crippen LogP contribution in [0.5, 0.6) is 11.5 Å². The lowest BCUT2D eigenvalue weighted by molar-refractivity contribution is -0.143. The lowest BCUT2D eigenvalue weighted by Gasteiger charge is -2.31. The summed E-state index contributed by atoms with van der Waals surface area (Å²) in [6, 6.07) is 9.77. The number of nitrogens with one attached hydrogen (secondary N) is 5. The summed E-state index contributed by atoms with van der Waals surface area (Å²) in [5.41, 5.74) is 12.6. The van der Waals surface area contributed by atoms with Crippen LogP contribution < -0.4 is 42.8 Å². The van der Waals surface area contributed by atoms with Crippen molar-refractivity contribution in [2.45, 2.75) is 158 Å². The minimum atomic E-state index is -1.28. The van der Waals surface area contributed by atoms with Crippen LogP contribution >= 0.6 is 0 Å². The number of amides is 7. The lowest BCUT2D eigenvalue weighted by atomic mass is 10.0. The molecule has 0 aliphatic carbocycles. The van der Waals surface area contributed by atoms with E-state index in [-0.39, 0.29) is 82.3 Å². The molecule has 8 atom stereocenters. The zero-order valence-electron chi connectivity index (χ0n) is 42.6. The molecule has 20 heteroatoms. The van der Waals surface area contributed by atoms with Gasteiger partial charge in [-0.1, -0.05) is 50.5 Å². The first-order chi connectivity index (χ1) is 35.7. The molecule has 20 nitrogen and oxygen atoms in total. The van der Waals surface area contributed by atoms with Crippen LogP contribution in [0.3, 0.4) is 0 Å². The summed E-state index contributed by atoms with van der Waals surface area (Å²) in [7, 11) is 0. The molecule has 3 fully saturated rings. The molecule has 12 N–H and O–H groups in total. The smallest absolute Gasteiger partial charge is 0.251 e. The Morgan fingerprint density at radius 1 is 0.676 bits per heavy atom. The van der Waals surface area contributed by atoms with Crippen molar-refractivity contribution >= 4 is 52.1 Å². The first-order valence-corrected chi connectivity index (χ1v) is 26.5. The minimum Gasteiger partial charge on any atom is -0.508 e. The second-order valence-corrected chi connectivity index (χ2v) is 19.8. The number of aliphatic hydroxyl groups excluding tert-OH is 2. The Bertz CT molecular complexity index is 2390. The fourth-order valence-electron chi connectivity index (χ4n) is 9.89. The Morgan fingerprint density at radius 3 is 1.91 bits per heavy atom. The number of nitrogens with zero attached hydrogens (tertiary/aromatic N) is 2. The summed E-state index contributed by atoms with van der Waals surface area (Å²) in [5.74, 6) is -3.83. The number of benzene rings is 3. The van der Waals surface area contributed by atoms with E-state index in [9.17, 15) is 48.9 Å². The highest BCUT2D eigenvalue weighted by molar-refractivity contribution is 6.02. The Kier molecular flexibility index (Phi) is 21.8. The molecule has 0 spiro atoms. The van der Waals surface area contributed by atoms with Gasteiger partial charge >= 0.3 is 0 Å². The van der Waals surface area contributed by atoms with E-state index in [0.717, 1.165) is 42.0 Å². The predicted molar refractivity (Wildman–Crippen MR) is 277 cm³/mol. The average molecular weight is 1030 g/mol. The molecule has 3 aliphatic rings. The zero-order chi connectivity index (χ0) is 53.1. The maximum Gasteiger partial charge on any atom is 0.251 e. The van der Waals surface area contributed by atoms with Gasteiger partial charge in [0.05, 0.1) is 18.8 Å². The van der Waals surface area contributed by atoms with E-state index in [0.29, 0.717) is 51.1 Å². The number of aromatic hydroxyl groups is 1. The van der Waals surface area contributed by atoms with E-state index in [1.54, 1.807) is 30.3 Å². The Hall–Kier alpha value is -6.35. The lowest BCUT2D eigenvalue weighted by Crippen LogP contribution is -2.59. The van der Waals surface area contributed by atoms with Gasteiger partial charge in [0.2, 0.25) is 35.4 Å². The van der Waals surface area contributed by atoms with Gasteiger partial charge in [-0.2, -0.15) is 0 Å². The van der Waals surface area contributed by atoms with Crippen LogP contribution in [0.25, 0.3) is 10.8 Å². The molecule has 0 bridgehead atoms. The number of phenolic OH excluding ortho intramolecular Hbond substituents is 1. The van der Waals surface area contributed by atoms with Gasteiger partial charge < -0.3 is 67.9 Å². The minimum absolute atomic E-state index is 0.00171. The molecule has 0 radical (unpaired) electrons. The number of carbonyl (C=O) groups is 7. The van der Waals surface area contributed by atoms with Gasteiger partial charge in [-0.3, -0.25) is 33.6 Å². The van der Waals surface area contributed by atoms with Crippen molar-refractivity contribution in [3.05, 3.63) is 71.8 Å². The highest BCUT2D eigenvalue weighted by Crippen LogP contribution is 2.26. The molecule has 404 valence electrons. The third-order valence-electron chi connectivity index (χ3n) is 14.1. The molecule has 0 saturated carbocycles. The van der Waals surface area contributed by atoms with Crippen LogP contribution in [0, 0.1) is 0 Å². The number of fused-ring (bicyclic) bond motifs is 3. The normalized spacial score (nSPS) is 24.6. The number of hydrogen-bond acceptors (Lipinski definition) is 13. The van der Waals surface area contributed by atoms with Gasteiger partial charge in [0, 0.05) is 38.0 Å². The topological polar surface area (TPSA) is 308 Å². The summed E-state index contributed by atoms with van der Waals surface area (Å²) in [5, 5.41) is 47.5. The van der Waals surface area contributed by atoms with Crippen molar-refractivity contribution in [1.82, 2.24) is 36.4 Å². The highest BCUT2D eigenvalue weighted by atomic mass is 16.5. The summed E-state index contributed by atoms with van der Waals surface area (Å²) in [6.07, 6.45) is 4.38. The van der Waals surface area contributed by atoms with Gasteiger partial charge in [-0.25, -0.2) is 0 Å². The third kappa shape index (κ3) is 16.1. The molecule has 3 saturated heterocycles. The van der Waals surface area contributed by atoms with E-state index in [1.165, 1.54) is 21.9 Å². The van der Waals surface area contributed by atoms with E-state index < -0.39 is 89.8 Å². The van der Waals surface area contributed by atoms with Crippen molar-refractivity contribution < 1.29 is 53.6 Å². The zero-order valence-corrected chi connectivity index (χ0v) is 42.6. The molecule has 3 aromatic rings. The second kappa shape index (κ2) is 28.4. The van der Waals surface area contributed by atoms with E-state index >= 15 is 0 Å². The van der Waals surface area contributed by atoms with Crippen molar-refractivity contribution in [1.29, 1.82) is 0 Å². The van der Waals surface area contributed by atoms with Crippen molar-refractivity contribution in [2.75, 3.05) is 39.3 Å². The first-order valence-electron chi connectivity index (χ1n) is 26.5. The van der Waals surface area contributed by atoms with Crippen LogP contribution in [0.2, 0.25) is 0 Å². The first kappa shape index (κ1) is 56.9. The van der Waals surface area contributed by atoms with Crippen LogP contribution in [-0.2, 0) is 35.2 Å². The maximum absolute atomic E-state index is 14.7. The Labute approximate surface area is 433 Å². The monoisotopic (exact) mass is 1030 g/mol. The van der Waals surface area contributed by atoms with E-state index in [2.05, 4.69) is 33.5 Å². The van der Waals surface area contributed by atoms with E-state index in [4.69, 9.17) is 16.2 Å². The van der Waals surface area contributed by atoms with Crippen molar-refractivity contribution in [3.63, 3.8) is 0 Å². The van der Waals surface area contributed by atoms with Gasteiger partial charge in [0.1, 0.15) is 47.8 Å². The van der Waals surface area contributed by atoms with Crippen molar-refractivity contribution in [2.24, 2.45) is 11.5 Å². The Morgan fingerprint density at radius 2 is 1.27 bits per heavy atom. The standard InChI is InChI=1S/C54H77N9O11/c1-2-3-4-9-27-74-41-22-19-35-28-37(18-17-36(35)29-41)48(67)58-42-13-10-26-57-51(70)46-30-39(65)32-62(46)53(72)44(11-5-7-24-55)61-50(69)43(23-16-34-14-20-38(64)21-15-34)59-52(71)47-31-40(66)33-63(47)54(73)45(60-49(42)68)12-6-8-25-56/h14-15,17-22,28-29,39-40,42-47,64-66H,2-13,16,23-27,30-33,55-56H2,1H3,(H,57,70)(H,58,67)(H,59,71)(H,60,68)(H,61,69)/t39-,40-,42+,43+,44+,45+,46+,47+/m1/s1. The van der Waals surface area contributed by atoms with Crippen LogP contribution in [0.15, 0.2) is 60.7 Å². The molecular formula is C54H77N9O11. The highest BCUT2D eigenvalue weighted by Gasteiger charge is 2.44. The molecule has 3 aromatic carbocycles. The summed E-state index contributed by atoms with van der Waals surface area (Å²) >= 11 is 0. The molecule has 7 amide bonds. The molecule has 3 heterocycles. The summed E-state index contributed by atoms with van der Waals surface area (Å²) in [4.78, 5) is 103. The van der Waals surface area contributed by atoms with Gasteiger partial charge in [-0.05, 0) is 136 Å². The number of hydrogen-bond donors (Lipinski definition) is 10. The third-order valence-corrected chi connectivity index (χ3v) is 14.1. The van der Waals surface area contributed by atoms with E-state index in [1.807, 2.05) is 18.2 Å². The number of ether oxygens (including phenoxy) is 1. The molecule has 0 unspecified atom stereocenters. The predicted octanol–water partition coefficient (Wildman–Crippen LogP) is 1.78. The number of rotatable bonds is 19. The van der Waals surface area contributed by atoms with Gasteiger partial charge in [-0.15, -0.1) is 0 Å². The van der Waals surface area contributed by atoms with Gasteiger partial charge in [0.25, 0.3) is 5.91 Å². The van der Waals surface area contributed by atoms with Gasteiger partial charge in [0.15, 0.2) is 0 Å². The quantitative estimate of drug-likeness (QED) is 0.0768. The Balaban J connectivity index is 1.30. The number of carbonyl (C=O) groups excluding carboxylic acids is 7. The average Bonchev–Trinajstić information content (AvgIpc) is 3.99.